The third-order valence-electron chi connectivity index (χ3n) is 1.90. The Morgan fingerprint density at radius 3 is 2.30 bits per heavy atom. The van der Waals surface area contributed by atoms with Gasteiger partial charge in [0, 0.05) is 4.75 Å². The molecule has 0 atom stereocenters. The Labute approximate surface area is 67.8 Å². The quantitative estimate of drug-likeness (QED) is 0.629. The number of hydrogen-bond acceptors (Lipinski definition) is 2. The molecule has 0 aliphatic heterocycles. The van der Waals surface area contributed by atoms with Gasteiger partial charge in [-0.25, -0.2) is 0 Å². The molecule has 1 nitrogen and oxygen atoms in total. The van der Waals surface area contributed by atoms with Crippen molar-refractivity contribution in [2.75, 3.05) is 5.75 Å². The van der Waals surface area contributed by atoms with Gasteiger partial charge in [-0.1, -0.05) is 27.7 Å². The summed E-state index contributed by atoms with van der Waals surface area (Å²) in [6.45, 7) is 8.73. The number of hydrogen-bond donors (Lipinski definition) is 0. The predicted octanol–water partition coefficient (Wildman–Crippen LogP) is 2.68. The highest BCUT2D eigenvalue weighted by molar-refractivity contribution is 8.00. The Morgan fingerprint density at radius 2 is 2.00 bits per heavy atom. The van der Waals surface area contributed by atoms with E-state index in [1.165, 1.54) is 0 Å². The zero-order valence-corrected chi connectivity index (χ0v) is 7.96. The van der Waals surface area contributed by atoms with Crippen LogP contribution in [0.2, 0.25) is 0 Å². The Morgan fingerprint density at radius 1 is 1.50 bits per heavy atom. The van der Waals surface area contributed by atoms with Gasteiger partial charge < -0.3 is 0 Å². The van der Waals surface area contributed by atoms with Crippen LogP contribution in [-0.4, -0.2) is 10.5 Å². The van der Waals surface area contributed by atoms with E-state index in [0.29, 0.717) is 11.7 Å². The first-order valence-corrected chi connectivity index (χ1v) is 4.50. The molecule has 0 amide bonds. The van der Waals surface area contributed by atoms with Crippen LogP contribution in [0, 0.1) is 17.2 Å². The highest BCUT2D eigenvalue weighted by Gasteiger charge is 2.21. The molecule has 58 valence electrons. The van der Waals surface area contributed by atoms with Crippen LogP contribution in [0.3, 0.4) is 0 Å². The summed E-state index contributed by atoms with van der Waals surface area (Å²) in [6, 6.07) is 2.14. The van der Waals surface area contributed by atoms with E-state index in [0.717, 1.165) is 0 Å². The normalized spacial score (nSPS) is 11.6. The monoisotopic (exact) mass is 157 g/mol. The van der Waals surface area contributed by atoms with Gasteiger partial charge in [0.05, 0.1) is 11.8 Å². The van der Waals surface area contributed by atoms with Crippen LogP contribution in [0.5, 0.6) is 0 Å². The molecule has 0 aromatic heterocycles. The highest BCUT2D eigenvalue weighted by atomic mass is 32.2. The lowest BCUT2D eigenvalue weighted by molar-refractivity contribution is 0.504. The Balaban J connectivity index is 3.77. The molecule has 0 fully saturated rings. The molecular weight excluding hydrogens is 142 g/mol. The summed E-state index contributed by atoms with van der Waals surface area (Å²) in [5.41, 5.74) is 0. The van der Waals surface area contributed by atoms with E-state index in [9.17, 15) is 0 Å². The second-order valence-electron chi connectivity index (χ2n) is 3.20. The molecule has 0 rings (SSSR count). The van der Waals surface area contributed by atoms with Crippen molar-refractivity contribution in [2.24, 2.45) is 5.92 Å². The van der Waals surface area contributed by atoms with Crippen LogP contribution >= 0.6 is 11.8 Å². The third-order valence-corrected chi connectivity index (χ3v) is 3.39. The summed E-state index contributed by atoms with van der Waals surface area (Å²) in [5.74, 6) is 1.23. The van der Waals surface area contributed by atoms with Crippen LogP contribution in [-0.2, 0) is 0 Å². The molecule has 0 radical (unpaired) electrons. The maximum Gasteiger partial charge on any atom is 0.0813 e. The van der Waals surface area contributed by atoms with Gasteiger partial charge in [-0.2, -0.15) is 5.26 Å². The Hall–Kier alpha value is -0.160. The average molecular weight is 157 g/mol. The van der Waals surface area contributed by atoms with E-state index in [1.807, 2.05) is 0 Å². The lowest BCUT2D eigenvalue weighted by Gasteiger charge is -2.27. The van der Waals surface area contributed by atoms with E-state index in [1.54, 1.807) is 11.8 Å². The fraction of sp³-hybridized carbons (Fsp3) is 0.875. The van der Waals surface area contributed by atoms with E-state index in [-0.39, 0.29) is 4.75 Å². The zero-order chi connectivity index (χ0) is 8.20. The number of nitriles is 1. The topological polar surface area (TPSA) is 23.8 Å². The van der Waals surface area contributed by atoms with E-state index >= 15 is 0 Å². The maximum absolute atomic E-state index is 8.34. The number of thioether (sulfide) groups is 1. The van der Waals surface area contributed by atoms with Gasteiger partial charge in [0.25, 0.3) is 0 Å². The molecule has 0 aromatic carbocycles. The molecule has 0 N–H and O–H groups in total. The van der Waals surface area contributed by atoms with Gasteiger partial charge >= 0.3 is 0 Å². The lowest BCUT2D eigenvalue weighted by atomic mass is 10.00. The SMILES string of the molecule is CC(C)C(C)(C)SCC#N. The lowest BCUT2D eigenvalue weighted by Crippen LogP contribution is -2.22. The van der Waals surface area contributed by atoms with Crippen molar-refractivity contribution in [3.05, 3.63) is 0 Å². The molecule has 2 heteroatoms. The summed E-state index contributed by atoms with van der Waals surface area (Å²) in [5, 5.41) is 8.34. The Kier molecular flexibility index (Phi) is 3.81. The minimum absolute atomic E-state index is 0.246. The van der Waals surface area contributed by atoms with Crippen molar-refractivity contribution in [2.45, 2.75) is 32.4 Å². The van der Waals surface area contributed by atoms with Gasteiger partial charge in [0.15, 0.2) is 0 Å². The molecule has 0 aliphatic rings. The van der Waals surface area contributed by atoms with Crippen molar-refractivity contribution in [3.8, 4) is 6.07 Å². The minimum Gasteiger partial charge on any atom is -0.197 e. The standard InChI is InChI=1S/C8H15NS/c1-7(2)8(3,4)10-6-5-9/h7H,6H2,1-4H3. The zero-order valence-electron chi connectivity index (χ0n) is 7.14. The smallest absolute Gasteiger partial charge is 0.0813 e. The predicted molar refractivity (Wildman–Crippen MR) is 47.0 cm³/mol. The fourth-order valence-electron chi connectivity index (χ4n) is 0.385. The second kappa shape index (κ2) is 3.88. The first-order valence-electron chi connectivity index (χ1n) is 3.51. The summed E-state index contributed by atoms with van der Waals surface area (Å²) in [6.07, 6.45) is 0. The fourth-order valence-corrected chi connectivity index (χ4v) is 1.15. The van der Waals surface area contributed by atoms with Crippen molar-refractivity contribution in [1.82, 2.24) is 0 Å². The molecular formula is C8H15NS. The number of nitrogens with zero attached hydrogens (tertiary/aromatic N) is 1. The van der Waals surface area contributed by atoms with E-state index in [2.05, 4.69) is 33.8 Å². The molecule has 0 saturated heterocycles. The Bertz CT molecular complexity index is 133. The summed E-state index contributed by atoms with van der Waals surface area (Å²) >= 11 is 1.73. The van der Waals surface area contributed by atoms with Crippen LogP contribution in [0.1, 0.15) is 27.7 Å². The summed E-state index contributed by atoms with van der Waals surface area (Å²) in [4.78, 5) is 0. The van der Waals surface area contributed by atoms with Crippen LogP contribution in [0.4, 0.5) is 0 Å². The van der Waals surface area contributed by atoms with Crippen molar-refractivity contribution < 1.29 is 0 Å². The molecule has 10 heavy (non-hydrogen) atoms. The molecule has 0 aromatic rings. The van der Waals surface area contributed by atoms with Gasteiger partial charge in [0.2, 0.25) is 0 Å². The molecule has 0 aliphatic carbocycles. The van der Waals surface area contributed by atoms with Gasteiger partial charge in [-0.15, -0.1) is 11.8 Å². The molecule has 0 unspecified atom stereocenters. The second-order valence-corrected chi connectivity index (χ2v) is 4.83. The van der Waals surface area contributed by atoms with Crippen LogP contribution in [0.25, 0.3) is 0 Å². The van der Waals surface area contributed by atoms with Crippen molar-refractivity contribution >= 4 is 11.8 Å². The highest BCUT2D eigenvalue weighted by Crippen LogP contribution is 2.31. The summed E-state index contributed by atoms with van der Waals surface area (Å²) in [7, 11) is 0. The van der Waals surface area contributed by atoms with Crippen molar-refractivity contribution in [1.29, 1.82) is 5.26 Å². The van der Waals surface area contributed by atoms with Crippen molar-refractivity contribution in [3.63, 3.8) is 0 Å². The molecule has 0 spiro atoms. The first kappa shape index (κ1) is 9.84. The average Bonchev–Trinajstić information content (AvgIpc) is 1.84. The van der Waals surface area contributed by atoms with Crippen LogP contribution < -0.4 is 0 Å². The third kappa shape index (κ3) is 3.12. The molecule has 0 saturated carbocycles. The van der Waals surface area contributed by atoms with Gasteiger partial charge in [-0.05, 0) is 5.92 Å². The molecule has 0 heterocycles. The van der Waals surface area contributed by atoms with E-state index in [4.69, 9.17) is 5.26 Å². The maximum atomic E-state index is 8.34. The van der Waals surface area contributed by atoms with Gasteiger partial charge in [-0.3, -0.25) is 0 Å². The first-order chi connectivity index (χ1) is 4.50. The minimum atomic E-state index is 0.246. The number of rotatable bonds is 3. The van der Waals surface area contributed by atoms with Crippen LogP contribution in [0.15, 0.2) is 0 Å². The largest absolute Gasteiger partial charge is 0.197 e. The molecule has 0 bridgehead atoms. The summed E-state index contributed by atoms with van der Waals surface area (Å²) < 4.78 is 0.246. The van der Waals surface area contributed by atoms with E-state index < -0.39 is 0 Å². The van der Waals surface area contributed by atoms with Gasteiger partial charge in [0.1, 0.15) is 0 Å².